The molecule has 0 aliphatic heterocycles. The number of benzene rings is 1. The third-order valence-electron chi connectivity index (χ3n) is 5.22. The van der Waals surface area contributed by atoms with Crippen LogP contribution in [-0.2, 0) is 11.3 Å². The molecule has 0 saturated heterocycles. The number of ether oxygens (including phenoxy) is 2. The maximum absolute atomic E-state index is 12.8. The first kappa shape index (κ1) is 25.2. The number of ketones is 1. The van der Waals surface area contributed by atoms with E-state index in [1.54, 1.807) is 26.0 Å². The van der Waals surface area contributed by atoms with Crippen molar-refractivity contribution in [2.75, 3.05) is 11.9 Å². The minimum Gasteiger partial charge on any atom is -0.485 e. The Labute approximate surface area is 203 Å². The largest absolute Gasteiger partial charge is 0.485 e. The first-order valence-electron chi connectivity index (χ1n) is 11.1. The molecule has 8 heteroatoms. The van der Waals surface area contributed by atoms with Crippen molar-refractivity contribution in [2.45, 2.75) is 54.1 Å². The molecule has 0 unspecified atom stereocenters. The Balaban J connectivity index is 1.77. The van der Waals surface area contributed by atoms with Gasteiger partial charge in [0.25, 0.3) is 5.91 Å². The molecule has 2 aromatic heterocycles. The average Bonchev–Trinajstić information content (AvgIpc) is 3.37. The molecule has 1 aromatic carbocycles. The summed E-state index contributed by atoms with van der Waals surface area (Å²) in [7, 11) is 0. The van der Waals surface area contributed by atoms with Crippen molar-refractivity contribution in [2.24, 2.45) is 0 Å². The van der Waals surface area contributed by atoms with Crippen molar-refractivity contribution in [1.82, 2.24) is 0 Å². The lowest BCUT2D eigenvalue weighted by molar-refractivity contribution is 0.0527. The summed E-state index contributed by atoms with van der Waals surface area (Å²) in [6, 6.07) is 9.30. The number of esters is 1. The molecule has 1 N–H and O–H groups in total. The van der Waals surface area contributed by atoms with E-state index >= 15 is 0 Å². The second-order valence-corrected chi connectivity index (χ2v) is 9.26. The maximum Gasteiger partial charge on any atom is 0.341 e. The molecule has 0 saturated carbocycles. The van der Waals surface area contributed by atoms with Crippen LogP contribution in [0.2, 0.25) is 0 Å². The van der Waals surface area contributed by atoms with Gasteiger partial charge in [-0.25, -0.2) is 4.79 Å². The molecular formula is C26H29NO6S. The zero-order valence-corrected chi connectivity index (χ0v) is 21.1. The monoisotopic (exact) mass is 483 g/mol. The van der Waals surface area contributed by atoms with Crippen molar-refractivity contribution in [3.05, 3.63) is 69.0 Å². The molecule has 1 amide bonds. The summed E-state index contributed by atoms with van der Waals surface area (Å²) >= 11 is 1.04. The van der Waals surface area contributed by atoms with Gasteiger partial charge in [0.1, 0.15) is 23.1 Å². The number of hydrogen-bond donors (Lipinski definition) is 1. The number of rotatable bonds is 9. The number of hydrogen-bond acceptors (Lipinski definition) is 7. The molecule has 2 heterocycles. The minimum atomic E-state index is -0.591. The first-order chi connectivity index (χ1) is 16.1. The van der Waals surface area contributed by atoms with Gasteiger partial charge in [-0.3, -0.25) is 9.59 Å². The SMILES string of the molecule is CCOC(=O)c1c(NC(=O)c2ccc(COc3cc(C)ccc3C(C)C)o2)sc(C(C)=O)c1C. The summed E-state index contributed by atoms with van der Waals surface area (Å²) in [6.07, 6.45) is 0. The summed E-state index contributed by atoms with van der Waals surface area (Å²) < 4.78 is 16.8. The van der Waals surface area contributed by atoms with Crippen LogP contribution in [-0.4, -0.2) is 24.3 Å². The molecule has 7 nitrogen and oxygen atoms in total. The Morgan fingerprint density at radius 1 is 1.12 bits per heavy atom. The van der Waals surface area contributed by atoms with E-state index in [4.69, 9.17) is 13.9 Å². The van der Waals surface area contributed by atoms with Crippen molar-refractivity contribution in [3.8, 4) is 5.75 Å². The van der Waals surface area contributed by atoms with E-state index < -0.39 is 11.9 Å². The van der Waals surface area contributed by atoms with Gasteiger partial charge in [0, 0.05) is 0 Å². The van der Waals surface area contributed by atoms with Crippen molar-refractivity contribution < 1.29 is 28.3 Å². The van der Waals surface area contributed by atoms with Crippen LogP contribution in [0.25, 0.3) is 0 Å². The summed E-state index contributed by atoms with van der Waals surface area (Å²) in [4.78, 5) is 37.6. The molecule has 3 rings (SSSR count). The van der Waals surface area contributed by atoms with E-state index in [0.29, 0.717) is 22.1 Å². The predicted octanol–water partition coefficient (Wildman–Crippen LogP) is 6.29. The lowest BCUT2D eigenvalue weighted by atomic mass is 10.0. The van der Waals surface area contributed by atoms with Crippen LogP contribution in [0.15, 0.2) is 34.7 Å². The molecule has 0 radical (unpaired) electrons. The van der Waals surface area contributed by atoms with Gasteiger partial charge in [0.15, 0.2) is 11.5 Å². The summed E-state index contributed by atoms with van der Waals surface area (Å²) in [5, 5.41) is 2.94. The lowest BCUT2D eigenvalue weighted by Crippen LogP contribution is -2.14. The van der Waals surface area contributed by atoms with Crippen molar-refractivity contribution >= 4 is 34.0 Å². The minimum absolute atomic E-state index is 0.0668. The number of furan rings is 1. The van der Waals surface area contributed by atoms with E-state index in [1.807, 2.05) is 19.1 Å². The van der Waals surface area contributed by atoms with Crippen LogP contribution in [0.1, 0.15) is 86.6 Å². The molecule has 0 aliphatic carbocycles. The van der Waals surface area contributed by atoms with Gasteiger partial charge in [-0.1, -0.05) is 26.0 Å². The third-order valence-corrected chi connectivity index (χ3v) is 6.53. The van der Waals surface area contributed by atoms with E-state index in [9.17, 15) is 14.4 Å². The Kier molecular flexibility index (Phi) is 7.94. The highest BCUT2D eigenvalue weighted by Gasteiger charge is 2.26. The van der Waals surface area contributed by atoms with Gasteiger partial charge in [0.2, 0.25) is 0 Å². The first-order valence-corrected chi connectivity index (χ1v) is 11.9. The number of aryl methyl sites for hydroxylation is 1. The fourth-order valence-electron chi connectivity index (χ4n) is 3.52. The van der Waals surface area contributed by atoms with Crippen molar-refractivity contribution in [1.29, 1.82) is 0 Å². The summed E-state index contributed by atoms with van der Waals surface area (Å²) in [5.74, 6) is 0.315. The number of carbonyl (C=O) groups excluding carboxylic acids is 3. The van der Waals surface area contributed by atoms with E-state index in [1.165, 1.54) is 6.92 Å². The van der Waals surface area contributed by atoms with Crippen molar-refractivity contribution in [3.63, 3.8) is 0 Å². The highest BCUT2D eigenvalue weighted by Crippen LogP contribution is 2.34. The average molecular weight is 484 g/mol. The molecule has 0 atom stereocenters. The fourth-order valence-corrected chi connectivity index (χ4v) is 4.61. The van der Waals surface area contributed by atoms with Gasteiger partial charge in [-0.05, 0) is 68.5 Å². The number of nitrogens with one attached hydrogen (secondary N) is 1. The van der Waals surface area contributed by atoms with Crippen LogP contribution in [0, 0.1) is 13.8 Å². The molecule has 0 spiro atoms. The Bertz CT molecular complexity index is 1220. The third kappa shape index (κ3) is 5.56. The molecule has 0 aliphatic rings. The smallest absolute Gasteiger partial charge is 0.341 e. The van der Waals surface area contributed by atoms with Gasteiger partial charge in [-0.2, -0.15) is 0 Å². The fraction of sp³-hybridized carbons (Fsp3) is 0.346. The van der Waals surface area contributed by atoms with E-state index in [0.717, 1.165) is 28.2 Å². The quantitative estimate of drug-likeness (QED) is 0.284. The number of thiophene rings is 1. The second-order valence-electron chi connectivity index (χ2n) is 8.24. The number of carbonyl (C=O) groups is 3. The number of Topliss-reactive ketones (excluding diaryl/α,β-unsaturated/α-hetero) is 1. The standard InChI is InChI=1S/C26H29NO6S/c1-7-31-26(30)22-16(5)23(17(6)28)34-25(22)27-24(29)20-11-9-18(33-20)13-32-21-12-15(4)8-10-19(21)14(2)3/h8-12,14H,7,13H2,1-6H3,(H,27,29). The lowest BCUT2D eigenvalue weighted by Gasteiger charge is -2.14. The zero-order valence-electron chi connectivity index (χ0n) is 20.2. The van der Waals surface area contributed by atoms with E-state index in [2.05, 4.69) is 25.2 Å². The normalized spacial score (nSPS) is 10.9. The van der Waals surface area contributed by atoms with Gasteiger partial charge in [0.05, 0.1) is 17.0 Å². The molecule has 0 bridgehead atoms. The van der Waals surface area contributed by atoms with Crippen LogP contribution in [0.5, 0.6) is 5.75 Å². The highest BCUT2D eigenvalue weighted by molar-refractivity contribution is 7.18. The van der Waals surface area contributed by atoms with Crippen LogP contribution in [0.3, 0.4) is 0 Å². The van der Waals surface area contributed by atoms with Crippen LogP contribution < -0.4 is 10.1 Å². The zero-order chi connectivity index (χ0) is 25.0. The number of anilines is 1. The van der Waals surface area contributed by atoms with Gasteiger partial charge in [-0.15, -0.1) is 11.3 Å². The second kappa shape index (κ2) is 10.7. The molecular weight excluding hydrogens is 454 g/mol. The van der Waals surface area contributed by atoms with Crippen LogP contribution in [0.4, 0.5) is 5.00 Å². The Morgan fingerprint density at radius 2 is 1.85 bits per heavy atom. The topological polar surface area (TPSA) is 94.8 Å². The highest BCUT2D eigenvalue weighted by atomic mass is 32.1. The predicted molar refractivity (Wildman–Crippen MR) is 131 cm³/mol. The summed E-state index contributed by atoms with van der Waals surface area (Å²) in [6.45, 7) is 11.3. The Hall–Kier alpha value is -3.39. The van der Waals surface area contributed by atoms with Gasteiger partial charge < -0.3 is 19.2 Å². The number of amides is 1. The molecule has 0 fully saturated rings. The maximum atomic E-state index is 12.8. The summed E-state index contributed by atoms with van der Waals surface area (Å²) in [5.41, 5.74) is 2.85. The Morgan fingerprint density at radius 3 is 2.50 bits per heavy atom. The van der Waals surface area contributed by atoms with Gasteiger partial charge >= 0.3 is 5.97 Å². The molecule has 34 heavy (non-hydrogen) atoms. The van der Waals surface area contributed by atoms with E-state index in [-0.39, 0.29) is 35.3 Å². The molecule has 180 valence electrons. The molecule has 3 aromatic rings. The van der Waals surface area contributed by atoms with Crippen LogP contribution >= 0.6 is 11.3 Å².